The first-order chi connectivity index (χ1) is 8.40. The van der Waals surface area contributed by atoms with Gasteiger partial charge in [0.1, 0.15) is 0 Å². The summed E-state index contributed by atoms with van der Waals surface area (Å²) in [5.41, 5.74) is 5.81. The Morgan fingerprint density at radius 1 is 1.22 bits per heavy atom. The van der Waals surface area contributed by atoms with Crippen molar-refractivity contribution >= 4 is 5.91 Å². The zero-order chi connectivity index (χ0) is 14.1. The van der Waals surface area contributed by atoms with Crippen LogP contribution in [-0.2, 0) is 4.79 Å². The molecule has 1 unspecified atom stereocenters. The zero-order valence-corrected chi connectivity index (χ0v) is 12.7. The van der Waals surface area contributed by atoms with Crippen molar-refractivity contribution in [3.05, 3.63) is 0 Å². The van der Waals surface area contributed by atoms with Crippen molar-refractivity contribution in [2.75, 3.05) is 13.1 Å². The molecule has 4 heteroatoms. The molecule has 0 aromatic rings. The maximum atomic E-state index is 11.7. The molecule has 0 aromatic heterocycles. The average Bonchev–Trinajstić information content (AvgIpc) is 2.30. The highest BCUT2D eigenvalue weighted by Gasteiger charge is 2.15. The molecule has 0 radical (unpaired) electrons. The Morgan fingerprint density at radius 2 is 1.78 bits per heavy atom. The lowest BCUT2D eigenvalue weighted by Gasteiger charge is -2.30. The maximum Gasteiger partial charge on any atom is 0.236 e. The van der Waals surface area contributed by atoms with Crippen LogP contribution in [-0.4, -0.2) is 42.0 Å². The standard InChI is InChI=1S/C14H31N3O/c1-6-7-8-13(15)14(18)16-9-10-17(11(2)3)12(4)5/h11-13H,6-10,15H2,1-5H3,(H,16,18). The number of nitrogens with zero attached hydrogens (tertiary/aromatic N) is 1. The molecule has 0 saturated heterocycles. The lowest BCUT2D eigenvalue weighted by molar-refractivity contribution is -0.122. The molecule has 0 heterocycles. The van der Waals surface area contributed by atoms with Crippen molar-refractivity contribution < 1.29 is 4.79 Å². The second-order valence-corrected chi connectivity index (χ2v) is 5.47. The number of nitrogens with one attached hydrogen (secondary N) is 1. The Labute approximate surface area is 112 Å². The fourth-order valence-corrected chi connectivity index (χ4v) is 2.11. The van der Waals surface area contributed by atoms with Crippen LogP contribution in [0.1, 0.15) is 53.9 Å². The van der Waals surface area contributed by atoms with Crippen molar-refractivity contribution in [3.63, 3.8) is 0 Å². The molecule has 0 fully saturated rings. The van der Waals surface area contributed by atoms with Crippen molar-refractivity contribution in [1.82, 2.24) is 10.2 Å². The van der Waals surface area contributed by atoms with E-state index in [4.69, 9.17) is 5.73 Å². The quantitative estimate of drug-likeness (QED) is 0.661. The molecule has 108 valence electrons. The summed E-state index contributed by atoms with van der Waals surface area (Å²) in [4.78, 5) is 14.1. The van der Waals surface area contributed by atoms with Gasteiger partial charge in [-0.3, -0.25) is 9.69 Å². The van der Waals surface area contributed by atoms with Gasteiger partial charge in [-0.2, -0.15) is 0 Å². The predicted octanol–water partition coefficient (Wildman–Crippen LogP) is 1.74. The molecular formula is C14H31N3O. The minimum absolute atomic E-state index is 0.0177. The van der Waals surface area contributed by atoms with Crippen LogP contribution in [0.3, 0.4) is 0 Å². The fourth-order valence-electron chi connectivity index (χ4n) is 2.11. The predicted molar refractivity (Wildman–Crippen MR) is 77.5 cm³/mol. The van der Waals surface area contributed by atoms with Crippen LogP contribution < -0.4 is 11.1 Å². The van der Waals surface area contributed by atoms with Gasteiger partial charge < -0.3 is 11.1 Å². The topological polar surface area (TPSA) is 58.4 Å². The maximum absolute atomic E-state index is 11.7. The first-order valence-electron chi connectivity index (χ1n) is 7.19. The van der Waals surface area contributed by atoms with E-state index >= 15 is 0 Å². The molecule has 0 rings (SSSR count). The van der Waals surface area contributed by atoms with E-state index in [1.165, 1.54) is 0 Å². The third-order valence-corrected chi connectivity index (χ3v) is 3.20. The molecule has 1 amide bonds. The van der Waals surface area contributed by atoms with E-state index in [9.17, 15) is 4.79 Å². The monoisotopic (exact) mass is 257 g/mol. The van der Waals surface area contributed by atoms with Crippen LogP contribution in [0.5, 0.6) is 0 Å². The van der Waals surface area contributed by atoms with Gasteiger partial charge in [-0.1, -0.05) is 19.8 Å². The summed E-state index contributed by atoms with van der Waals surface area (Å²) in [6, 6.07) is 0.642. The van der Waals surface area contributed by atoms with Gasteiger partial charge in [0.25, 0.3) is 0 Å². The Kier molecular flexibility index (Phi) is 9.02. The fraction of sp³-hybridized carbons (Fsp3) is 0.929. The summed E-state index contributed by atoms with van der Waals surface area (Å²) in [6.07, 6.45) is 2.87. The molecule has 4 nitrogen and oxygen atoms in total. The molecule has 0 bridgehead atoms. The Hall–Kier alpha value is -0.610. The van der Waals surface area contributed by atoms with Gasteiger partial charge >= 0.3 is 0 Å². The molecule has 0 saturated carbocycles. The van der Waals surface area contributed by atoms with Gasteiger partial charge in [0.2, 0.25) is 5.91 Å². The molecule has 3 N–H and O–H groups in total. The van der Waals surface area contributed by atoms with Crippen LogP contribution >= 0.6 is 0 Å². The summed E-state index contributed by atoms with van der Waals surface area (Å²) in [7, 11) is 0. The number of unbranched alkanes of at least 4 members (excludes halogenated alkanes) is 1. The summed E-state index contributed by atoms with van der Waals surface area (Å²) in [5.74, 6) is -0.0177. The first kappa shape index (κ1) is 17.4. The van der Waals surface area contributed by atoms with Crippen LogP contribution in [0.15, 0.2) is 0 Å². The van der Waals surface area contributed by atoms with Crippen LogP contribution in [0.2, 0.25) is 0 Å². The molecular weight excluding hydrogens is 226 g/mol. The van der Waals surface area contributed by atoms with Crippen LogP contribution in [0.25, 0.3) is 0 Å². The Balaban J connectivity index is 3.91. The summed E-state index contributed by atoms with van der Waals surface area (Å²) in [6.45, 7) is 12.4. The minimum Gasteiger partial charge on any atom is -0.353 e. The molecule has 0 aliphatic rings. The minimum atomic E-state index is -0.350. The third-order valence-electron chi connectivity index (χ3n) is 3.20. The van der Waals surface area contributed by atoms with Gasteiger partial charge in [-0.05, 0) is 34.1 Å². The highest BCUT2D eigenvalue weighted by atomic mass is 16.2. The number of nitrogens with two attached hydrogens (primary N) is 1. The zero-order valence-electron chi connectivity index (χ0n) is 12.7. The van der Waals surface area contributed by atoms with E-state index in [1.54, 1.807) is 0 Å². The van der Waals surface area contributed by atoms with E-state index in [0.717, 1.165) is 25.8 Å². The summed E-state index contributed by atoms with van der Waals surface area (Å²) >= 11 is 0. The van der Waals surface area contributed by atoms with Crippen LogP contribution in [0.4, 0.5) is 0 Å². The average molecular weight is 257 g/mol. The highest BCUT2D eigenvalue weighted by Crippen LogP contribution is 2.03. The molecule has 0 spiro atoms. The van der Waals surface area contributed by atoms with Gasteiger partial charge in [-0.15, -0.1) is 0 Å². The van der Waals surface area contributed by atoms with Crippen LogP contribution in [0, 0.1) is 0 Å². The molecule has 0 aliphatic carbocycles. The normalized spacial score (nSPS) is 13.4. The Bertz CT molecular complexity index is 221. The van der Waals surface area contributed by atoms with Gasteiger partial charge in [0.15, 0.2) is 0 Å². The smallest absolute Gasteiger partial charge is 0.236 e. The van der Waals surface area contributed by atoms with E-state index in [2.05, 4.69) is 44.8 Å². The lowest BCUT2D eigenvalue weighted by atomic mass is 10.1. The van der Waals surface area contributed by atoms with Gasteiger partial charge in [0, 0.05) is 25.2 Å². The molecule has 0 aliphatic heterocycles. The van der Waals surface area contributed by atoms with Crippen molar-refractivity contribution in [1.29, 1.82) is 0 Å². The first-order valence-corrected chi connectivity index (χ1v) is 7.19. The molecule has 18 heavy (non-hydrogen) atoms. The Morgan fingerprint density at radius 3 is 2.22 bits per heavy atom. The third kappa shape index (κ3) is 6.97. The summed E-state index contributed by atoms with van der Waals surface area (Å²) < 4.78 is 0. The number of carbonyl (C=O) groups is 1. The van der Waals surface area contributed by atoms with Gasteiger partial charge in [-0.25, -0.2) is 0 Å². The lowest BCUT2D eigenvalue weighted by Crippen LogP contribution is -2.46. The number of carbonyl (C=O) groups excluding carboxylic acids is 1. The number of rotatable bonds is 9. The van der Waals surface area contributed by atoms with E-state index in [-0.39, 0.29) is 11.9 Å². The van der Waals surface area contributed by atoms with Crippen molar-refractivity contribution in [2.24, 2.45) is 5.73 Å². The van der Waals surface area contributed by atoms with Crippen molar-refractivity contribution in [3.8, 4) is 0 Å². The largest absolute Gasteiger partial charge is 0.353 e. The van der Waals surface area contributed by atoms with Crippen molar-refractivity contribution in [2.45, 2.75) is 72.0 Å². The van der Waals surface area contributed by atoms with E-state index in [1.807, 2.05) is 0 Å². The highest BCUT2D eigenvalue weighted by molar-refractivity contribution is 5.81. The number of amides is 1. The van der Waals surface area contributed by atoms with E-state index < -0.39 is 0 Å². The second-order valence-electron chi connectivity index (χ2n) is 5.47. The number of hydrogen-bond donors (Lipinski definition) is 2. The molecule has 1 atom stereocenters. The second kappa shape index (κ2) is 9.34. The van der Waals surface area contributed by atoms with E-state index in [0.29, 0.717) is 18.6 Å². The number of hydrogen-bond acceptors (Lipinski definition) is 3. The SMILES string of the molecule is CCCCC(N)C(=O)NCCN(C(C)C)C(C)C. The molecule has 0 aromatic carbocycles. The van der Waals surface area contributed by atoms with Gasteiger partial charge in [0.05, 0.1) is 6.04 Å². The summed E-state index contributed by atoms with van der Waals surface area (Å²) in [5, 5.41) is 2.93.